The molecule has 0 aliphatic rings. The van der Waals surface area contributed by atoms with E-state index >= 15 is 0 Å². The molecule has 0 saturated heterocycles. The van der Waals surface area contributed by atoms with Gasteiger partial charge in [0, 0.05) is 17.0 Å². The third-order valence-electron chi connectivity index (χ3n) is 2.93. The Morgan fingerprint density at radius 3 is 2.67 bits per heavy atom. The molecule has 0 aliphatic carbocycles. The van der Waals surface area contributed by atoms with E-state index in [2.05, 4.69) is 0 Å². The van der Waals surface area contributed by atoms with E-state index in [9.17, 15) is 9.59 Å². The standard InChI is InChI=1S/C13H13NO4/c1-8-5-10(7-15)9(2)14(8)6-11-3-4-12(18-11)13(16)17/h3-5,7H,6H2,1-2H3,(H,16,17). The predicted molar refractivity (Wildman–Crippen MR) is 64.1 cm³/mol. The highest BCUT2D eigenvalue weighted by atomic mass is 16.4. The predicted octanol–water partition coefficient (Wildman–Crippen LogP) is 2.26. The van der Waals surface area contributed by atoms with Gasteiger partial charge < -0.3 is 14.1 Å². The van der Waals surface area contributed by atoms with Crippen LogP contribution < -0.4 is 0 Å². The van der Waals surface area contributed by atoms with Crippen LogP contribution in [0.3, 0.4) is 0 Å². The molecule has 2 rings (SSSR count). The van der Waals surface area contributed by atoms with Crippen LogP contribution >= 0.6 is 0 Å². The summed E-state index contributed by atoms with van der Waals surface area (Å²) < 4.78 is 7.10. The van der Waals surface area contributed by atoms with E-state index in [1.165, 1.54) is 6.07 Å². The smallest absolute Gasteiger partial charge is 0.371 e. The quantitative estimate of drug-likeness (QED) is 0.841. The molecular weight excluding hydrogens is 234 g/mol. The summed E-state index contributed by atoms with van der Waals surface area (Å²) in [6.45, 7) is 4.15. The fraction of sp³-hybridized carbons (Fsp3) is 0.231. The fourth-order valence-electron chi connectivity index (χ4n) is 1.92. The van der Waals surface area contributed by atoms with Crippen molar-refractivity contribution in [2.24, 2.45) is 0 Å². The van der Waals surface area contributed by atoms with Crippen molar-refractivity contribution in [1.29, 1.82) is 0 Å². The Morgan fingerprint density at radius 1 is 1.44 bits per heavy atom. The largest absolute Gasteiger partial charge is 0.475 e. The highest BCUT2D eigenvalue weighted by molar-refractivity contribution is 5.84. The number of nitrogens with zero attached hydrogens (tertiary/aromatic N) is 1. The number of aryl methyl sites for hydroxylation is 1. The van der Waals surface area contributed by atoms with Crippen LogP contribution in [0.15, 0.2) is 22.6 Å². The number of hydrogen-bond acceptors (Lipinski definition) is 3. The van der Waals surface area contributed by atoms with Gasteiger partial charge >= 0.3 is 5.97 Å². The number of carboxylic acids is 1. The van der Waals surface area contributed by atoms with Gasteiger partial charge in [-0.1, -0.05) is 0 Å². The lowest BCUT2D eigenvalue weighted by Crippen LogP contribution is -2.03. The lowest BCUT2D eigenvalue weighted by Gasteiger charge is -2.06. The Balaban J connectivity index is 2.30. The summed E-state index contributed by atoms with van der Waals surface area (Å²) in [6.07, 6.45) is 0.809. The Kier molecular flexibility index (Phi) is 3.06. The molecule has 0 unspecified atom stereocenters. The molecule has 0 radical (unpaired) electrons. The van der Waals surface area contributed by atoms with Gasteiger partial charge in [-0.3, -0.25) is 4.79 Å². The number of carbonyl (C=O) groups is 2. The molecular formula is C13H13NO4. The zero-order valence-electron chi connectivity index (χ0n) is 10.1. The van der Waals surface area contributed by atoms with E-state index in [-0.39, 0.29) is 5.76 Å². The SMILES string of the molecule is Cc1cc(C=O)c(C)n1Cc1ccc(C(=O)O)o1. The zero-order valence-corrected chi connectivity index (χ0v) is 10.1. The van der Waals surface area contributed by atoms with Crippen LogP contribution in [0, 0.1) is 13.8 Å². The van der Waals surface area contributed by atoms with Gasteiger partial charge in [-0.15, -0.1) is 0 Å². The first kappa shape index (κ1) is 12.2. The summed E-state index contributed by atoms with van der Waals surface area (Å²) >= 11 is 0. The maximum absolute atomic E-state index is 10.8. The van der Waals surface area contributed by atoms with Crippen molar-refractivity contribution in [2.45, 2.75) is 20.4 Å². The fourth-order valence-corrected chi connectivity index (χ4v) is 1.92. The van der Waals surface area contributed by atoms with Crippen LogP contribution in [0.2, 0.25) is 0 Å². The molecule has 0 spiro atoms. The number of carboxylic acid groups (broad SMARTS) is 1. The highest BCUT2D eigenvalue weighted by Gasteiger charge is 2.12. The van der Waals surface area contributed by atoms with Crippen LogP contribution in [0.5, 0.6) is 0 Å². The number of aromatic nitrogens is 1. The molecule has 2 heterocycles. The molecule has 0 bridgehead atoms. The normalized spacial score (nSPS) is 10.6. The monoisotopic (exact) mass is 247 g/mol. The van der Waals surface area contributed by atoms with Gasteiger partial charge in [0.15, 0.2) is 6.29 Å². The van der Waals surface area contributed by atoms with Crippen molar-refractivity contribution in [1.82, 2.24) is 4.57 Å². The lowest BCUT2D eigenvalue weighted by atomic mass is 10.3. The molecule has 5 heteroatoms. The molecule has 2 aromatic heterocycles. The van der Waals surface area contributed by atoms with Crippen molar-refractivity contribution in [2.75, 3.05) is 0 Å². The minimum Gasteiger partial charge on any atom is -0.475 e. The summed E-state index contributed by atoms with van der Waals surface area (Å²) in [4.78, 5) is 21.5. The molecule has 0 aliphatic heterocycles. The maximum atomic E-state index is 10.8. The van der Waals surface area contributed by atoms with Crippen LogP contribution in [-0.2, 0) is 6.54 Å². The van der Waals surface area contributed by atoms with Crippen LogP contribution in [0.4, 0.5) is 0 Å². The molecule has 0 saturated carbocycles. The minimum absolute atomic E-state index is 0.0805. The van der Waals surface area contributed by atoms with Gasteiger partial charge in [-0.25, -0.2) is 4.79 Å². The van der Waals surface area contributed by atoms with E-state index in [0.717, 1.165) is 17.7 Å². The van der Waals surface area contributed by atoms with Gasteiger partial charge in [0.25, 0.3) is 0 Å². The number of aromatic carboxylic acids is 1. The van der Waals surface area contributed by atoms with Crippen LogP contribution in [0.1, 0.15) is 38.1 Å². The summed E-state index contributed by atoms with van der Waals surface area (Å²) in [7, 11) is 0. The molecule has 5 nitrogen and oxygen atoms in total. The van der Waals surface area contributed by atoms with E-state index in [4.69, 9.17) is 9.52 Å². The van der Waals surface area contributed by atoms with Gasteiger partial charge in [0.1, 0.15) is 5.76 Å². The summed E-state index contributed by atoms with van der Waals surface area (Å²) in [5, 5.41) is 8.77. The Hall–Kier alpha value is -2.30. The van der Waals surface area contributed by atoms with Crippen LogP contribution in [-0.4, -0.2) is 21.9 Å². The molecule has 0 aromatic carbocycles. The Labute approximate surface area is 104 Å². The number of aldehydes is 1. The van der Waals surface area contributed by atoms with Gasteiger partial charge in [0.2, 0.25) is 5.76 Å². The highest BCUT2D eigenvalue weighted by Crippen LogP contribution is 2.17. The third-order valence-corrected chi connectivity index (χ3v) is 2.93. The summed E-state index contributed by atoms with van der Waals surface area (Å²) in [6, 6.07) is 4.85. The van der Waals surface area contributed by atoms with Crippen molar-refractivity contribution in [3.05, 3.63) is 46.7 Å². The molecule has 94 valence electrons. The minimum atomic E-state index is -1.09. The topological polar surface area (TPSA) is 72.4 Å². The molecule has 18 heavy (non-hydrogen) atoms. The Bertz CT molecular complexity index is 607. The first-order chi connectivity index (χ1) is 8.52. The van der Waals surface area contributed by atoms with E-state index in [0.29, 0.717) is 17.9 Å². The van der Waals surface area contributed by atoms with Crippen molar-refractivity contribution < 1.29 is 19.1 Å². The van der Waals surface area contributed by atoms with E-state index in [1.807, 2.05) is 18.4 Å². The first-order valence-electron chi connectivity index (χ1n) is 5.47. The number of hydrogen-bond donors (Lipinski definition) is 1. The molecule has 2 aromatic rings. The number of furan rings is 1. The molecule has 1 N–H and O–H groups in total. The summed E-state index contributed by atoms with van der Waals surface area (Å²) in [5.41, 5.74) is 2.41. The number of rotatable bonds is 4. The second kappa shape index (κ2) is 4.52. The first-order valence-corrected chi connectivity index (χ1v) is 5.47. The maximum Gasteiger partial charge on any atom is 0.371 e. The average molecular weight is 247 g/mol. The Morgan fingerprint density at radius 2 is 2.17 bits per heavy atom. The van der Waals surface area contributed by atoms with Gasteiger partial charge in [0.05, 0.1) is 6.54 Å². The second-order valence-corrected chi connectivity index (χ2v) is 4.10. The van der Waals surface area contributed by atoms with Crippen LogP contribution in [0.25, 0.3) is 0 Å². The van der Waals surface area contributed by atoms with E-state index < -0.39 is 5.97 Å². The average Bonchev–Trinajstić information content (AvgIpc) is 2.89. The van der Waals surface area contributed by atoms with Crippen molar-refractivity contribution in [3.63, 3.8) is 0 Å². The van der Waals surface area contributed by atoms with Gasteiger partial charge in [-0.05, 0) is 32.0 Å². The number of carbonyl (C=O) groups excluding carboxylic acids is 1. The van der Waals surface area contributed by atoms with Gasteiger partial charge in [-0.2, -0.15) is 0 Å². The van der Waals surface area contributed by atoms with Crippen molar-refractivity contribution in [3.8, 4) is 0 Å². The zero-order chi connectivity index (χ0) is 13.3. The summed E-state index contributed by atoms with van der Waals surface area (Å²) in [5.74, 6) is -0.620. The molecule has 0 fully saturated rings. The lowest BCUT2D eigenvalue weighted by molar-refractivity contribution is 0.0660. The second-order valence-electron chi connectivity index (χ2n) is 4.10. The van der Waals surface area contributed by atoms with Crippen molar-refractivity contribution >= 4 is 12.3 Å². The van der Waals surface area contributed by atoms with E-state index in [1.54, 1.807) is 12.1 Å². The molecule has 0 atom stereocenters. The third kappa shape index (κ3) is 2.07. The molecule has 0 amide bonds.